The van der Waals surface area contributed by atoms with Gasteiger partial charge in [0, 0.05) is 12.3 Å². The molecule has 0 bridgehead atoms. The maximum absolute atomic E-state index is 10.4. The van der Waals surface area contributed by atoms with E-state index in [1.165, 1.54) is 6.92 Å². The van der Waals surface area contributed by atoms with Crippen molar-refractivity contribution in [2.24, 2.45) is 5.73 Å². The molecular formula is C6H11NO3. The Morgan fingerprint density at radius 3 is 2.90 bits per heavy atom. The first-order chi connectivity index (χ1) is 4.66. The van der Waals surface area contributed by atoms with Gasteiger partial charge in [-0.1, -0.05) is 0 Å². The highest BCUT2D eigenvalue weighted by molar-refractivity contribution is 5.81. The van der Waals surface area contributed by atoms with Gasteiger partial charge in [0.15, 0.2) is 0 Å². The molecule has 10 heavy (non-hydrogen) atoms. The Kier molecular flexibility index (Phi) is 4.32. The quantitative estimate of drug-likeness (QED) is 0.410. The summed E-state index contributed by atoms with van der Waals surface area (Å²) in [6.07, 6.45) is 1.54. The van der Waals surface area contributed by atoms with Gasteiger partial charge in [-0.15, -0.1) is 0 Å². The normalized spacial score (nSPS) is 13.4. The number of aliphatic hydroxyl groups excluding tert-OH is 1. The molecular weight excluding hydrogens is 134 g/mol. The molecule has 0 heterocycles. The van der Waals surface area contributed by atoms with E-state index in [9.17, 15) is 4.79 Å². The van der Waals surface area contributed by atoms with E-state index in [4.69, 9.17) is 10.8 Å². The number of nitrogens with two attached hydrogens (primary N) is 1. The topological polar surface area (TPSA) is 72.5 Å². The fourth-order valence-electron chi connectivity index (χ4n) is 0.329. The van der Waals surface area contributed by atoms with E-state index >= 15 is 0 Å². The molecule has 1 unspecified atom stereocenters. The van der Waals surface area contributed by atoms with Crippen LogP contribution in [0.5, 0.6) is 0 Å². The lowest BCUT2D eigenvalue weighted by atomic mass is 10.4. The number of aliphatic hydroxyl groups is 1. The Bertz CT molecular complexity index is 131. The molecule has 0 saturated carbocycles. The lowest BCUT2D eigenvalue weighted by Gasteiger charge is -2.02. The summed E-state index contributed by atoms with van der Waals surface area (Å²) in [5.74, 6) is -0.539. The zero-order valence-electron chi connectivity index (χ0n) is 5.78. The van der Waals surface area contributed by atoms with Crippen LogP contribution in [-0.4, -0.2) is 23.8 Å². The van der Waals surface area contributed by atoms with E-state index < -0.39 is 12.1 Å². The van der Waals surface area contributed by atoms with Gasteiger partial charge >= 0.3 is 5.97 Å². The van der Waals surface area contributed by atoms with Crippen LogP contribution in [0.3, 0.4) is 0 Å². The summed E-state index contributed by atoms with van der Waals surface area (Å²) >= 11 is 0. The van der Waals surface area contributed by atoms with Gasteiger partial charge in [-0.25, -0.2) is 4.79 Å². The average molecular weight is 145 g/mol. The van der Waals surface area contributed by atoms with Crippen molar-refractivity contribution in [1.29, 1.82) is 0 Å². The number of ether oxygens (including phenoxy) is 1. The van der Waals surface area contributed by atoms with Crippen molar-refractivity contribution in [1.82, 2.24) is 0 Å². The lowest BCUT2D eigenvalue weighted by Crippen LogP contribution is -2.13. The van der Waals surface area contributed by atoms with Gasteiger partial charge in [0.05, 0.1) is 6.10 Å². The van der Waals surface area contributed by atoms with E-state index in [-0.39, 0.29) is 6.61 Å². The first kappa shape index (κ1) is 8.97. The van der Waals surface area contributed by atoms with Gasteiger partial charge in [0.2, 0.25) is 0 Å². The van der Waals surface area contributed by atoms with Crippen molar-refractivity contribution in [3.63, 3.8) is 0 Å². The van der Waals surface area contributed by atoms with Crippen LogP contribution in [-0.2, 0) is 9.53 Å². The van der Waals surface area contributed by atoms with Gasteiger partial charge in [0.1, 0.15) is 6.61 Å². The van der Waals surface area contributed by atoms with Gasteiger partial charge in [-0.2, -0.15) is 0 Å². The number of carbonyl (C=O) groups excluding carboxylic acids is 1. The van der Waals surface area contributed by atoms with Crippen molar-refractivity contribution < 1.29 is 14.6 Å². The summed E-state index contributed by atoms with van der Waals surface area (Å²) in [6, 6.07) is 0. The van der Waals surface area contributed by atoms with Crippen LogP contribution in [0.25, 0.3) is 0 Å². The minimum atomic E-state index is -0.630. The number of carbonyl (C=O) groups is 1. The number of esters is 1. The van der Waals surface area contributed by atoms with Crippen LogP contribution >= 0.6 is 0 Å². The average Bonchev–Trinajstić information content (AvgIpc) is 1.85. The van der Waals surface area contributed by atoms with E-state index in [1.807, 2.05) is 0 Å². The Labute approximate surface area is 59.3 Å². The van der Waals surface area contributed by atoms with Gasteiger partial charge in [-0.05, 0) is 6.92 Å². The highest BCUT2D eigenvalue weighted by Crippen LogP contribution is 1.84. The predicted octanol–water partition coefficient (Wildman–Crippen LogP) is -0.617. The monoisotopic (exact) mass is 145 g/mol. The third-order valence-corrected chi connectivity index (χ3v) is 0.699. The molecule has 0 aromatic carbocycles. The summed E-state index contributed by atoms with van der Waals surface area (Å²) in [4.78, 5) is 10.4. The number of hydrogen-bond acceptors (Lipinski definition) is 4. The third-order valence-electron chi connectivity index (χ3n) is 0.699. The second-order valence-corrected chi connectivity index (χ2v) is 1.84. The second-order valence-electron chi connectivity index (χ2n) is 1.84. The molecule has 0 aliphatic rings. The Hall–Kier alpha value is -1.03. The first-order valence-corrected chi connectivity index (χ1v) is 2.90. The number of hydrogen-bond donors (Lipinski definition) is 2. The van der Waals surface area contributed by atoms with Crippen molar-refractivity contribution in [2.75, 3.05) is 6.61 Å². The summed E-state index contributed by atoms with van der Waals surface area (Å²) in [6.45, 7) is 1.53. The molecule has 0 saturated heterocycles. The molecule has 4 heteroatoms. The van der Waals surface area contributed by atoms with Crippen LogP contribution < -0.4 is 5.73 Å². The van der Waals surface area contributed by atoms with E-state index in [1.54, 1.807) is 0 Å². The Morgan fingerprint density at radius 2 is 2.50 bits per heavy atom. The molecule has 0 fully saturated rings. The molecule has 0 amide bonds. The largest absolute Gasteiger partial charge is 0.460 e. The summed E-state index contributed by atoms with van der Waals surface area (Å²) in [5.41, 5.74) is 4.89. The zero-order valence-corrected chi connectivity index (χ0v) is 5.78. The molecule has 0 radical (unpaired) electrons. The molecule has 0 aromatic heterocycles. The number of rotatable bonds is 3. The maximum atomic E-state index is 10.4. The smallest absolute Gasteiger partial charge is 0.332 e. The SMILES string of the molecule is CC(O)COC(=O)/C=C\N. The molecule has 0 aliphatic carbocycles. The molecule has 58 valence electrons. The van der Waals surface area contributed by atoms with Crippen LogP contribution in [0.2, 0.25) is 0 Å². The predicted molar refractivity (Wildman–Crippen MR) is 36.0 cm³/mol. The highest BCUT2D eigenvalue weighted by atomic mass is 16.5. The summed E-state index contributed by atoms with van der Waals surface area (Å²) in [5, 5.41) is 8.64. The van der Waals surface area contributed by atoms with Crippen LogP contribution in [0.15, 0.2) is 12.3 Å². The zero-order chi connectivity index (χ0) is 7.98. The van der Waals surface area contributed by atoms with Gasteiger partial charge < -0.3 is 15.6 Å². The van der Waals surface area contributed by atoms with E-state index in [0.717, 1.165) is 12.3 Å². The van der Waals surface area contributed by atoms with Crippen LogP contribution in [0.1, 0.15) is 6.92 Å². The summed E-state index contributed by atoms with van der Waals surface area (Å²) in [7, 11) is 0. The molecule has 4 nitrogen and oxygen atoms in total. The first-order valence-electron chi connectivity index (χ1n) is 2.90. The van der Waals surface area contributed by atoms with Crippen LogP contribution in [0, 0.1) is 0 Å². The molecule has 1 atom stereocenters. The molecule has 0 aliphatic heterocycles. The standard InChI is InChI=1S/C6H11NO3/c1-5(8)4-10-6(9)2-3-7/h2-3,5,8H,4,7H2,1H3/b3-2-. The Balaban J connectivity index is 3.40. The second kappa shape index (κ2) is 4.81. The molecule has 0 rings (SSSR count). The van der Waals surface area contributed by atoms with Crippen LogP contribution in [0.4, 0.5) is 0 Å². The molecule has 0 spiro atoms. The van der Waals surface area contributed by atoms with E-state index in [0.29, 0.717) is 0 Å². The fourth-order valence-corrected chi connectivity index (χ4v) is 0.329. The van der Waals surface area contributed by atoms with Crippen molar-refractivity contribution in [3.05, 3.63) is 12.3 Å². The maximum Gasteiger partial charge on any atom is 0.332 e. The van der Waals surface area contributed by atoms with Gasteiger partial charge in [0.25, 0.3) is 0 Å². The fraction of sp³-hybridized carbons (Fsp3) is 0.500. The third kappa shape index (κ3) is 5.11. The van der Waals surface area contributed by atoms with Gasteiger partial charge in [-0.3, -0.25) is 0 Å². The lowest BCUT2D eigenvalue weighted by molar-refractivity contribution is -0.140. The molecule has 0 aromatic rings. The minimum Gasteiger partial charge on any atom is -0.460 e. The molecule has 3 N–H and O–H groups in total. The van der Waals surface area contributed by atoms with Crippen molar-refractivity contribution in [3.8, 4) is 0 Å². The minimum absolute atomic E-state index is 0.00315. The van der Waals surface area contributed by atoms with Crippen molar-refractivity contribution in [2.45, 2.75) is 13.0 Å². The Morgan fingerprint density at radius 1 is 1.90 bits per heavy atom. The van der Waals surface area contributed by atoms with E-state index in [2.05, 4.69) is 4.74 Å². The highest BCUT2D eigenvalue weighted by Gasteiger charge is 1.98. The van der Waals surface area contributed by atoms with Crippen molar-refractivity contribution >= 4 is 5.97 Å². The summed E-state index contributed by atoms with van der Waals surface area (Å²) < 4.78 is 4.49.